The van der Waals surface area contributed by atoms with Gasteiger partial charge in [0.15, 0.2) is 0 Å². The summed E-state index contributed by atoms with van der Waals surface area (Å²) < 4.78 is 25.5. The smallest absolute Gasteiger partial charge is 0.124 e. The van der Waals surface area contributed by atoms with Gasteiger partial charge in [-0.25, -0.2) is 4.39 Å². The average Bonchev–Trinajstić information content (AvgIpc) is 2.43. The van der Waals surface area contributed by atoms with Crippen molar-refractivity contribution in [1.82, 2.24) is 0 Å². The average molecular weight is 288 g/mol. The molecule has 5 heteroatoms. The van der Waals surface area contributed by atoms with E-state index in [1.54, 1.807) is 18.2 Å². The minimum atomic E-state index is -1.42. The van der Waals surface area contributed by atoms with Gasteiger partial charge in [0.1, 0.15) is 5.82 Å². The second-order valence-electron chi connectivity index (χ2n) is 4.43. The number of hydrogen-bond acceptors (Lipinski definition) is 3. The van der Waals surface area contributed by atoms with Gasteiger partial charge in [0.05, 0.1) is 33.1 Å². The van der Waals surface area contributed by atoms with Crippen molar-refractivity contribution in [1.29, 1.82) is 5.26 Å². The van der Waals surface area contributed by atoms with Crippen molar-refractivity contribution in [3.05, 3.63) is 58.9 Å². The molecule has 1 atom stereocenters. The highest BCUT2D eigenvalue weighted by Crippen LogP contribution is 2.22. The van der Waals surface area contributed by atoms with Gasteiger partial charge >= 0.3 is 0 Å². The molecule has 0 bridgehead atoms. The van der Waals surface area contributed by atoms with Gasteiger partial charge in [-0.3, -0.25) is 4.21 Å². The zero-order chi connectivity index (χ0) is 14.7. The van der Waals surface area contributed by atoms with Gasteiger partial charge in [0.25, 0.3) is 0 Å². The van der Waals surface area contributed by atoms with E-state index >= 15 is 0 Å². The summed E-state index contributed by atoms with van der Waals surface area (Å²) in [6.45, 7) is 1.85. The Morgan fingerprint density at radius 3 is 2.70 bits per heavy atom. The molecule has 0 saturated heterocycles. The van der Waals surface area contributed by atoms with E-state index in [0.29, 0.717) is 16.1 Å². The Hall–Kier alpha value is -2.19. The predicted molar refractivity (Wildman–Crippen MR) is 76.8 cm³/mol. The molecular weight excluding hydrogens is 275 g/mol. The summed E-state index contributed by atoms with van der Waals surface area (Å²) in [6.07, 6.45) is 0. The minimum absolute atomic E-state index is 0.241. The van der Waals surface area contributed by atoms with Crippen LogP contribution in [0, 0.1) is 24.1 Å². The summed E-state index contributed by atoms with van der Waals surface area (Å²) in [4.78, 5) is 0.300. The maximum Gasteiger partial charge on any atom is 0.124 e. The highest BCUT2D eigenvalue weighted by molar-refractivity contribution is 7.84. The highest BCUT2D eigenvalue weighted by Gasteiger charge is 2.12. The van der Waals surface area contributed by atoms with E-state index in [4.69, 9.17) is 11.0 Å². The number of nitrogens with zero attached hydrogens (tertiary/aromatic N) is 1. The van der Waals surface area contributed by atoms with Crippen molar-refractivity contribution >= 4 is 16.5 Å². The van der Waals surface area contributed by atoms with Crippen molar-refractivity contribution in [2.75, 3.05) is 5.73 Å². The molecule has 0 spiro atoms. The van der Waals surface area contributed by atoms with Crippen LogP contribution in [-0.2, 0) is 16.6 Å². The Morgan fingerprint density at radius 1 is 1.30 bits per heavy atom. The van der Waals surface area contributed by atoms with Crippen LogP contribution in [0.5, 0.6) is 0 Å². The van der Waals surface area contributed by atoms with Gasteiger partial charge in [-0.05, 0) is 48.4 Å². The van der Waals surface area contributed by atoms with Gasteiger partial charge in [0, 0.05) is 5.69 Å². The minimum Gasteiger partial charge on any atom is -0.398 e. The first-order chi connectivity index (χ1) is 9.51. The van der Waals surface area contributed by atoms with Gasteiger partial charge in [-0.1, -0.05) is 6.07 Å². The van der Waals surface area contributed by atoms with Crippen LogP contribution >= 0.6 is 0 Å². The van der Waals surface area contributed by atoms with Crippen LogP contribution in [0.4, 0.5) is 10.1 Å². The summed E-state index contributed by atoms with van der Waals surface area (Å²) in [7, 11) is -1.42. The summed E-state index contributed by atoms with van der Waals surface area (Å²) in [6, 6.07) is 11.1. The van der Waals surface area contributed by atoms with E-state index in [9.17, 15) is 8.60 Å². The summed E-state index contributed by atoms with van der Waals surface area (Å²) in [5.41, 5.74) is 8.33. The molecule has 0 aliphatic heterocycles. The Bertz CT molecular complexity index is 722. The zero-order valence-electron chi connectivity index (χ0n) is 10.9. The predicted octanol–water partition coefficient (Wildman–Crippen LogP) is 2.90. The summed E-state index contributed by atoms with van der Waals surface area (Å²) >= 11 is 0. The Kier molecular flexibility index (Phi) is 4.16. The van der Waals surface area contributed by atoms with E-state index in [1.165, 1.54) is 18.2 Å². The molecule has 1 unspecified atom stereocenters. The Balaban J connectivity index is 2.28. The molecule has 0 heterocycles. The molecule has 0 aromatic heterocycles. The number of nitrogen functional groups attached to an aromatic ring is 1. The SMILES string of the molecule is Cc1cc(C#N)ccc1CS(=O)c1cc(F)ccc1N. The Morgan fingerprint density at radius 2 is 2.05 bits per heavy atom. The third kappa shape index (κ3) is 3.03. The third-order valence-corrected chi connectivity index (χ3v) is 4.40. The van der Waals surface area contributed by atoms with E-state index in [1.807, 2.05) is 6.92 Å². The van der Waals surface area contributed by atoms with Crippen LogP contribution in [0.3, 0.4) is 0 Å². The van der Waals surface area contributed by atoms with Crippen molar-refractivity contribution in [2.24, 2.45) is 0 Å². The fourth-order valence-electron chi connectivity index (χ4n) is 1.85. The molecule has 2 aromatic carbocycles. The number of hydrogen-bond donors (Lipinski definition) is 1. The number of aryl methyl sites for hydroxylation is 1. The van der Waals surface area contributed by atoms with Gasteiger partial charge in [0.2, 0.25) is 0 Å². The highest BCUT2D eigenvalue weighted by atomic mass is 32.2. The first-order valence-corrected chi connectivity index (χ1v) is 7.26. The van der Waals surface area contributed by atoms with Crippen molar-refractivity contribution in [2.45, 2.75) is 17.6 Å². The number of anilines is 1. The van der Waals surface area contributed by atoms with E-state index in [2.05, 4.69) is 6.07 Å². The lowest BCUT2D eigenvalue weighted by Crippen LogP contribution is -2.03. The summed E-state index contributed by atoms with van der Waals surface area (Å²) in [5, 5.41) is 8.81. The molecular formula is C15H13FN2OS. The zero-order valence-corrected chi connectivity index (χ0v) is 11.7. The fourth-order valence-corrected chi connectivity index (χ4v) is 3.19. The monoisotopic (exact) mass is 288 g/mol. The van der Waals surface area contributed by atoms with E-state index in [-0.39, 0.29) is 5.75 Å². The third-order valence-electron chi connectivity index (χ3n) is 2.98. The van der Waals surface area contributed by atoms with Crippen LogP contribution in [0.2, 0.25) is 0 Å². The lowest BCUT2D eigenvalue weighted by atomic mass is 10.1. The van der Waals surface area contributed by atoms with Crippen LogP contribution in [0.1, 0.15) is 16.7 Å². The van der Waals surface area contributed by atoms with Crippen LogP contribution < -0.4 is 5.73 Å². The van der Waals surface area contributed by atoms with Crippen molar-refractivity contribution < 1.29 is 8.60 Å². The van der Waals surface area contributed by atoms with Crippen molar-refractivity contribution in [3.8, 4) is 6.07 Å². The fraction of sp³-hybridized carbons (Fsp3) is 0.133. The topological polar surface area (TPSA) is 66.9 Å². The first-order valence-electron chi connectivity index (χ1n) is 5.94. The molecule has 0 radical (unpaired) electrons. The number of rotatable bonds is 3. The van der Waals surface area contributed by atoms with Gasteiger partial charge in [-0.15, -0.1) is 0 Å². The molecule has 0 saturated carbocycles. The van der Waals surface area contributed by atoms with Gasteiger partial charge in [-0.2, -0.15) is 5.26 Å². The lowest BCUT2D eigenvalue weighted by molar-refractivity contribution is 0.623. The van der Waals surface area contributed by atoms with E-state index in [0.717, 1.165) is 11.1 Å². The second kappa shape index (κ2) is 5.85. The molecule has 2 rings (SSSR count). The lowest BCUT2D eigenvalue weighted by Gasteiger charge is -2.08. The summed E-state index contributed by atoms with van der Waals surface area (Å²) in [5.74, 6) is -0.218. The molecule has 0 fully saturated rings. The number of nitriles is 1. The molecule has 3 nitrogen and oxygen atoms in total. The first kappa shape index (κ1) is 14.2. The van der Waals surface area contributed by atoms with Crippen LogP contribution in [-0.4, -0.2) is 4.21 Å². The van der Waals surface area contributed by atoms with Crippen LogP contribution in [0.25, 0.3) is 0 Å². The number of halogens is 1. The van der Waals surface area contributed by atoms with Crippen molar-refractivity contribution in [3.63, 3.8) is 0 Å². The molecule has 0 aliphatic rings. The Labute approximate surface area is 119 Å². The maximum atomic E-state index is 13.2. The normalized spacial score (nSPS) is 11.8. The molecule has 0 aliphatic carbocycles. The molecule has 2 aromatic rings. The standard InChI is InChI=1S/C15H13FN2OS/c1-10-6-11(8-17)2-3-12(10)9-20(19)15-7-13(16)4-5-14(15)18/h2-7H,9,18H2,1H3. The van der Waals surface area contributed by atoms with Crippen LogP contribution in [0.15, 0.2) is 41.3 Å². The molecule has 20 heavy (non-hydrogen) atoms. The maximum absolute atomic E-state index is 13.2. The number of nitrogens with two attached hydrogens (primary N) is 1. The number of benzene rings is 2. The van der Waals surface area contributed by atoms with Gasteiger partial charge < -0.3 is 5.73 Å². The largest absolute Gasteiger partial charge is 0.398 e. The molecule has 2 N–H and O–H groups in total. The quantitative estimate of drug-likeness (QED) is 0.883. The molecule has 0 amide bonds. The van der Waals surface area contributed by atoms with E-state index < -0.39 is 16.6 Å². The second-order valence-corrected chi connectivity index (χ2v) is 5.84. The molecule has 102 valence electrons.